The topological polar surface area (TPSA) is 46.2 Å². The van der Waals surface area contributed by atoms with Gasteiger partial charge in [0.25, 0.3) is 5.91 Å². The summed E-state index contributed by atoms with van der Waals surface area (Å²) in [6.07, 6.45) is 0.0797. The second-order valence-electron chi connectivity index (χ2n) is 4.69. The zero-order chi connectivity index (χ0) is 15.6. The number of amides is 1. The maximum absolute atomic E-state index is 13.9. The predicted octanol–water partition coefficient (Wildman–Crippen LogP) is 3.65. The lowest BCUT2D eigenvalue weighted by atomic mass is 10.1. The van der Waals surface area contributed by atoms with E-state index in [1.807, 2.05) is 13.8 Å². The summed E-state index contributed by atoms with van der Waals surface area (Å²) < 4.78 is 27.1. The highest BCUT2D eigenvalue weighted by atomic mass is 19.1. The van der Waals surface area contributed by atoms with Crippen LogP contribution in [0.25, 0.3) is 0 Å². The minimum atomic E-state index is -1.08. The molecule has 5 heteroatoms. The van der Waals surface area contributed by atoms with Gasteiger partial charge in [-0.3, -0.25) is 9.59 Å². The first-order valence-electron chi connectivity index (χ1n) is 6.26. The van der Waals surface area contributed by atoms with Crippen LogP contribution in [0.5, 0.6) is 0 Å². The molecule has 3 nitrogen and oxygen atoms in total. The maximum Gasteiger partial charge on any atom is 0.255 e. The van der Waals surface area contributed by atoms with Crippen molar-refractivity contribution in [2.75, 3.05) is 5.32 Å². The fourth-order valence-corrected chi connectivity index (χ4v) is 1.85. The lowest BCUT2D eigenvalue weighted by Crippen LogP contribution is -2.14. The van der Waals surface area contributed by atoms with E-state index in [4.69, 9.17) is 0 Å². The molecule has 0 fully saturated rings. The summed E-state index contributed by atoms with van der Waals surface area (Å²) in [5, 5.41) is 2.34. The molecule has 2 aromatic rings. The SMILES string of the molecule is Cc1ccc(C(=O)Nc2ccc(F)c(C=O)c2F)cc1C. The first-order valence-corrected chi connectivity index (χ1v) is 6.26. The number of nitrogens with one attached hydrogen (secondary N) is 1. The number of hydrogen-bond donors (Lipinski definition) is 1. The Morgan fingerprint density at radius 2 is 1.81 bits per heavy atom. The second kappa shape index (κ2) is 5.83. The van der Waals surface area contributed by atoms with Crippen LogP contribution >= 0.6 is 0 Å². The minimum absolute atomic E-state index is 0.0797. The Morgan fingerprint density at radius 1 is 1.10 bits per heavy atom. The molecule has 1 amide bonds. The van der Waals surface area contributed by atoms with E-state index >= 15 is 0 Å². The highest BCUT2D eigenvalue weighted by molar-refractivity contribution is 6.04. The molecule has 0 aliphatic heterocycles. The van der Waals surface area contributed by atoms with Gasteiger partial charge in [0.15, 0.2) is 12.1 Å². The van der Waals surface area contributed by atoms with E-state index in [-0.39, 0.29) is 12.0 Å². The van der Waals surface area contributed by atoms with Crippen LogP contribution in [-0.2, 0) is 0 Å². The Hall–Kier alpha value is -2.56. The summed E-state index contributed by atoms with van der Waals surface area (Å²) in [5.74, 6) is -2.57. The van der Waals surface area contributed by atoms with Gasteiger partial charge < -0.3 is 5.32 Å². The number of hydrogen-bond acceptors (Lipinski definition) is 2. The average molecular weight is 289 g/mol. The third-order valence-electron chi connectivity index (χ3n) is 3.26. The maximum atomic E-state index is 13.9. The van der Waals surface area contributed by atoms with Crippen molar-refractivity contribution in [2.45, 2.75) is 13.8 Å². The molecule has 0 aliphatic carbocycles. The van der Waals surface area contributed by atoms with Crippen molar-refractivity contribution in [3.63, 3.8) is 0 Å². The number of benzene rings is 2. The summed E-state index contributed by atoms with van der Waals surface area (Å²) in [6, 6.07) is 7.08. The van der Waals surface area contributed by atoms with E-state index in [1.165, 1.54) is 0 Å². The van der Waals surface area contributed by atoms with Crippen LogP contribution in [0.15, 0.2) is 30.3 Å². The highest BCUT2D eigenvalue weighted by Crippen LogP contribution is 2.21. The fraction of sp³-hybridized carbons (Fsp3) is 0.125. The predicted molar refractivity (Wildman–Crippen MR) is 75.6 cm³/mol. The Bertz CT molecular complexity index is 726. The van der Waals surface area contributed by atoms with Gasteiger partial charge in [0.05, 0.1) is 11.3 Å². The number of carbonyl (C=O) groups excluding carboxylic acids is 2. The molecule has 108 valence electrons. The molecule has 21 heavy (non-hydrogen) atoms. The van der Waals surface area contributed by atoms with Gasteiger partial charge in [-0.25, -0.2) is 8.78 Å². The van der Waals surface area contributed by atoms with Gasteiger partial charge in [-0.2, -0.15) is 0 Å². The number of rotatable bonds is 3. The third kappa shape index (κ3) is 2.97. The van der Waals surface area contributed by atoms with Gasteiger partial charge in [-0.05, 0) is 49.2 Å². The molecule has 0 spiro atoms. The van der Waals surface area contributed by atoms with Crippen molar-refractivity contribution < 1.29 is 18.4 Å². The van der Waals surface area contributed by atoms with Gasteiger partial charge in [-0.15, -0.1) is 0 Å². The third-order valence-corrected chi connectivity index (χ3v) is 3.26. The van der Waals surface area contributed by atoms with E-state index in [0.29, 0.717) is 5.56 Å². The smallest absolute Gasteiger partial charge is 0.255 e. The summed E-state index contributed by atoms with van der Waals surface area (Å²) >= 11 is 0. The number of halogens is 2. The van der Waals surface area contributed by atoms with Crippen LogP contribution in [0, 0.1) is 25.5 Å². The lowest BCUT2D eigenvalue weighted by Gasteiger charge is -2.09. The van der Waals surface area contributed by atoms with Gasteiger partial charge in [-0.1, -0.05) is 6.07 Å². The summed E-state index contributed by atoms with van der Waals surface area (Å²) in [4.78, 5) is 22.7. The summed E-state index contributed by atoms with van der Waals surface area (Å²) in [5.41, 5.74) is 1.38. The van der Waals surface area contributed by atoms with Crippen LogP contribution in [-0.4, -0.2) is 12.2 Å². The van der Waals surface area contributed by atoms with Crippen molar-refractivity contribution in [3.8, 4) is 0 Å². The Kier molecular flexibility index (Phi) is 4.12. The van der Waals surface area contributed by atoms with Crippen LogP contribution < -0.4 is 5.32 Å². The van der Waals surface area contributed by atoms with E-state index in [2.05, 4.69) is 5.32 Å². The molecule has 0 saturated carbocycles. The summed E-state index contributed by atoms with van der Waals surface area (Å²) in [7, 11) is 0. The second-order valence-corrected chi connectivity index (χ2v) is 4.69. The number of aldehydes is 1. The molecule has 0 unspecified atom stereocenters. The zero-order valence-electron chi connectivity index (χ0n) is 11.5. The number of carbonyl (C=O) groups is 2. The van der Waals surface area contributed by atoms with Crippen molar-refractivity contribution in [3.05, 3.63) is 64.2 Å². The quantitative estimate of drug-likeness (QED) is 0.877. The molecule has 0 radical (unpaired) electrons. The number of anilines is 1. The zero-order valence-corrected chi connectivity index (χ0v) is 11.5. The van der Waals surface area contributed by atoms with Crippen LogP contribution in [0.4, 0.5) is 14.5 Å². The monoisotopic (exact) mass is 289 g/mol. The largest absolute Gasteiger partial charge is 0.319 e. The standard InChI is InChI=1S/C16H13F2NO2/c1-9-3-4-11(7-10(9)2)16(21)19-14-6-5-13(17)12(8-20)15(14)18/h3-8H,1-2H3,(H,19,21). The van der Waals surface area contributed by atoms with Crippen molar-refractivity contribution in [1.82, 2.24) is 0 Å². The van der Waals surface area contributed by atoms with Crippen LogP contribution in [0.2, 0.25) is 0 Å². The first-order chi connectivity index (χ1) is 9.93. The fourth-order valence-electron chi connectivity index (χ4n) is 1.85. The van der Waals surface area contributed by atoms with Crippen molar-refractivity contribution >= 4 is 17.9 Å². The average Bonchev–Trinajstić information content (AvgIpc) is 2.45. The van der Waals surface area contributed by atoms with Gasteiger partial charge in [0.2, 0.25) is 0 Å². The summed E-state index contributed by atoms with van der Waals surface area (Å²) in [6.45, 7) is 3.77. The molecule has 0 atom stereocenters. The van der Waals surface area contributed by atoms with E-state index in [1.54, 1.807) is 18.2 Å². The van der Waals surface area contributed by atoms with Gasteiger partial charge in [0, 0.05) is 5.56 Å². The van der Waals surface area contributed by atoms with Crippen molar-refractivity contribution in [2.24, 2.45) is 0 Å². The van der Waals surface area contributed by atoms with E-state index in [0.717, 1.165) is 23.3 Å². The molecular weight excluding hydrogens is 276 g/mol. The minimum Gasteiger partial charge on any atom is -0.319 e. The highest BCUT2D eigenvalue weighted by Gasteiger charge is 2.15. The van der Waals surface area contributed by atoms with Gasteiger partial charge in [0.1, 0.15) is 5.82 Å². The molecule has 0 heterocycles. The molecule has 0 aliphatic rings. The van der Waals surface area contributed by atoms with E-state index in [9.17, 15) is 18.4 Å². The normalized spacial score (nSPS) is 10.3. The molecule has 1 N–H and O–H groups in total. The lowest BCUT2D eigenvalue weighted by molar-refractivity contribution is 0.102. The molecule has 0 bridgehead atoms. The number of aryl methyl sites for hydroxylation is 2. The Morgan fingerprint density at radius 3 is 2.43 bits per heavy atom. The molecule has 2 rings (SSSR count). The first kappa shape index (κ1) is 14.8. The molecule has 0 aromatic heterocycles. The van der Waals surface area contributed by atoms with Crippen molar-refractivity contribution in [1.29, 1.82) is 0 Å². The molecular formula is C16H13F2NO2. The molecule has 0 saturated heterocycles. The van der Waals surface area contributed by atoms with Crippen LogP contribution in [0.1, 0.15) is 31.8 Å². The van der Waals surface area contributed by atoms with Crippen LogP contribution in [0.3, 0.4) is 0 Å². The molecule has 2 aromatic carbocycles. The Labute approximate surface area is 120 Å². The Balaban J connectivity index is 2.31. The van der Waals surface area contributed by atoms with E-state index < -0.39 is 23.1 Å². The van der Waals surface area contributed by atoms with Gasteiger partial charge >= 0.3 is 0 Å².